The molecule has 0 radical (unpaired) electrons. The number of thiazole rings is 1. The lowest BCUT2D eigenvalue weighted by Gasteiger charge is -2.19. The summed E-state index contributed by atoms with van der Waals surface area (Å²) in [6.45, 7) is 6.12. The van der Waals surface area contributed by atoms with Crippen LogP contribution < -0.4 is 5.32 Å². The van der Waals surface area contributed by atoms with Crippen molar-refractivity contribution in [2.45, 2.75) is 25.7 Å². The summed E-state index contributed by atoms with van der Waals surface area (Å²) in [6.07, 6.45) is 0. The number of sulfonamides is 1. The Labute approximate surface area is 173 Å². The summed E-state index contributed by atoms with van der Waals surface area (Å²) in [4.78, 5) is 17.0. The van der Waals surface area contributed by atoms with E-state index in [-0.39, 0.29) is 15.5 Å². The molecule has 9 heteroatoms. The van der Waals surface area contributed by atoms with Crippen LogP contribution in [0.3, 0.4) is 0 Å². The smallest absolute Gasteiger partial charge is 0.257 e. The molecule has 0 atom stereocenters. The highest BCUT2D eigenvalue weighted by Gasteiger charge is 2.25. The molecular formula is C19H20ClN3O3S2. The number of benzene rings is 2. The number of carbonyl (C=O) groups excluding carboxylic acids is 1. The summed E-state index contributed by atoms with van der Waals surface area (Å²) in [5.74, 6) is -0.441. The highest BCUT2D eigenvalue weighted by atomic mass is 35.5. The average molecular weight is 438 g/mol. The van der Waals surface area contributed by atoms with Gasteiger partial charge in [-0.1, -0.05) is 42.9 Å². The fourth-order valence-corrected chi connectivity index (χ4v) is 5.72. The van der Waals surface area contributed by atoms with Crippen molar-refractivity contribution < 1.29 is 13.2 Å². The fourth-order valence-electron chi connectivity index (χ4n) is 2.80. The number of carbonyl (C=O) groups is 1. The SMILES string of the molecule is CCN(CC)S(=O)(=O)c1cc(C(=O)Nc2nc3ccc(C)cc3s2)ccc1Cl. The Kier molecular flexibility index (Phi) is 6.04. The molecule has 1 heterocycles. The molecule has 0 fully saturated rings. The number of fused-ring (bicyclic) bond motifs is 1. The van der Waals surface area contributed by atoms with Gasteiger partial charge in [-0.3, -0.25) is 10.1 Å². The molecule has 3 rings (SSSR count). The minimum Gasteiger partial charge on any atom is -0.298 e. The Morgan fingerprint density at radius 3 is 2.57 bits per heavy atom. The third-order valence-electron chi connectivity index (χ3n) is 4.28. The summed E-state index contributed by atoms with van der Waals surface area (Å²) in [7, 11) is -3.78. The second kappa shape index (κ2) is 8.16. The lowest BCUT2D eigenvalue weighted by Crippen LogP contribution is -2.31. The van der Waals surface area contributed by atoms with Crippen LogP contribution in [-0.2, 0) is 10.0 Å². The fraction of sp³-hybridized carbons (Fsp3) is 0.263. The number of nitrogens with one attached hydrogen (secondary N) is 1. The first-order valence-electron chi connectivity index (χ1n) is 8.74. The van der Waals surface area contributed by atoms with Crippen LogP contribution in [0, 0.1) is 6.92 Å². The van der Waals surface area contributed by atoms with Gasteiger partial charge < -0.3 is 0 Å². The zero-order chi connectivity index (χ0) is 20.5. The Morgan fingerprint density at radius 1 is 1.18 bits per heavy atom. The van der Waals surface area contributed by atoms with Gasteiger partial charge in [-0.15, -0.1) is 0 Å². The molecule has 1 N–H and O–H groups in total. The van der Waals surface area contributed by atoms with E-state index in [4.69, 9.17) is 11.6 Å². The van der Waals surface area contributed by atoms with Crippen molar-refractivity contribution in [1.82, 2.24) is 9.29 Å². The second-order valence-electron chi connectivity index (χ2n) is 6.18. The third kappa shape index (κ3) is 4.05. The summed E-state index contributed by atoms with van der Waals surface area (Å²) in [6, 6.07) is 10.1. The van der Waals surface area contributed by atoms with Gasteiger partial charge in [-0.2, -0.15) is 4.31 Å². The zero-order valence-electron chi connectivity index (χ0n) is 15.7. The molecule has 0 saturated carbocycles. The number of aromatic nitrogens is 1. The summed E-state index contributed by atoms with van der Waals surface area (Å²) in [5, 5.41) is 3.27. The van der Waals surface area contributed by atoms with Gasteiger partial charge in [0.25, 0.3) is 5.91 Å². The van der Waals surface area contributed by atoms with Crippen molar-refractivity contribution in [2.24, 2.45) is 0 Å². The van der Waals surface area contributed by atoms with Crippen molar-refractivity contribution in [3.05, 3.63) is 52.5 Å². The lowest BCUT2D eigenvalue weighted by molar-refractivity contribution is 0.102. The minimum atomic E-state index is -3.78. The number of halogens is 1. The molecule has 1 amide bonds. The van der Waals surface area contributed by atoms with Gasteiger partial charge in [-0.05, 0) is 42.8 Å². The van der Waals surface area contributed by atoms with Crippen molar-refractivity contribution in [3.8, 4) is 0 Å². The standard InChI is InChI=1S/C19H20ClN3O3S2/c1-4-23(5-2)28(25,26)17-11-13(7-8-14(17)20)18(24)22-19-21-15-9-6-12(3)10-16(15)27-19/h6-11H,4-5H2,1-3H3,(H,21,22,24). The molecule has 0 bridgehead atoms. The molecule has 0 aliphatic rings. The number of amides is 1. The van der Waals surface area contributed by atoms with E-state index in [1.165, 1.54) is 33.8 Å². The Morgan fingerprint density at radius 2 is 1.89 bits per heavy atom. The first-order valence-corrected chi connectivity index (χ1v) is 11.4. The highest BCUT2D eigenvalue weighted by molar-refractivity contribution is 7.89. The largest absolute Gasteiger partial charge is 0.298 e. The quantitative estimate of drug-likeness (QED) is 0.613. The van der Waals surface area contributed by atoms with Crippen LogP contribution in [0.15, 0.2) is 41.3 Å². The molecule has 0 aliphatic carbocycles. The van der Waals surface area contributed by atoms with Gasteiger partial charge in [-0.25, -0.2) is 13.4 Å². The number of nitrogens with zero attached hydrogens (tertiary/aromatic N) is 2. The van der Waals surface area contributed by atoms with E-state index in [0.717, 1.165) is 15.8 Å². The first kappa shape index (κ1) is 20.7. The van der Waals surface area contributed by atoms with Gasteiger partial charge in [0.1, 0.15) is 4.90 Å². The molecule has 3 aromatic rings. The van der Waals surface area contributed by atoms with Crippen LogP contribution in [0.5, 0.6) is 0 Å². The van der Waals surface area contributed by atoms with E-state index in [1.807, 2.05) is 25.1 Å². The molecule has 0 aliphatic heterocycles. The Balaban J connectivity index is 1.91. The molecule has 6 nitrogen and oxygen atoms in total. The lowest BCUT2D eigenvalue weighted by atomic mass is 10.2. The van der Waals surface area contributed by atoms with Crippen LogP contribution in [0.1, 0.15) is 29.8 Å². The normalized spacial score (nSPS) is 11.9. The maximum atomic E-state index is 12.8. The predicted octanol–water partition coefficient (Wildman–Crippen LogP) is 4.54. The van der Waals surface area contributed by atoms with Gasteiger partial charge >= 0.3 is 0 Å². The van der Waals surface area contributed by atoms with Crippen LogP contribution in [0.25, 0.3) is 10.2 Å². The maximum absolute atomic E-state index is 12.8. The number of hydrogen-bond acceptors (Lipinski definition) is 5. The molecule has 148 valence electrons. The van der Waals surface area contributed by atoms with Crippen molar-refractivity contribution in [3.63, 3.8) is 0 Å². The van der Waals surface area contributed by atoms with Gasteiger partial charge in [0.05, 0.1) is 15.2 Å². The van der Waals surface area contributed by atoms with E-state index < -0.39 is 15.9 Å². The van der Waals surface area contributed by atoms with Crippen LogP contribution in [-0.4, -0.2) is 36.7 Å². The van der Waals surface area contributed by atoms with Crippen LogP contribution in [0.2, 0.25) is 5.02 Å². The van der Waals surface area contributed by atoms with Gasteiger partial charge in [0.2, 0.25) is 10.0 Å². The number of rotatable bonds is 6. The molecule has 0 saturated heterocycles. The second-order valence-corrected chi connectivity index (χ2v) is 9.52. The number of anilines is 1. The van der Waals surface area contributed by atoms with Crippen molar-refractivity contribution in [1.29, 1.82) is 0 Å². The summed E-state index contributed by atoms with van der Waals surface area (Å²) < 4.78 is 27.9. The summed E-state index contributed by atoms with van der Waals surface area (Å²) in [5.41, 5.74) is 2.11. The Bertz CT molecular complexity index is 1140. The summed E-state index contributed by atoms with van der Waals surface area (Å²) >= 11 is 7.49. The third-order valence-corrected chi connectivity index (χ3v) is 7.75. The van der Waals surface area contributed by atoms with E-state index in [0.29, 0.717) is 18.2 Å². The van der Waals surface area contributed by atoms with Crippen molar-refractivity contribution in [2.75, 3.05) is 18.4 Å². The zero-order valence-corrected chi connectivity index (χ0v) is 18.1. The van der Waals surface area contributed by atoms with Gasteiger partial charge in [0, 0.05) is 18.7 Å². The first-order chi connectivity index (χ1) is 13.3. The molecule has 0 unspecified atom stereocenters. The molecule has 0 spiro atoms. The number of aryl methyl sites for hydroxylation is 1. The van der Waals surface area contributed by atoms with E-state index >= 15 is 0 Å². The number of hydrogen-bond donors (Lipinski definition) is 1. The van der Waals surface area contributed by atoms with Crippen LogP contribution >= 0.6 is 22.9 Å². The van der Waals surface area contributed by atoms with E-state index in [9.17, 15) is 13.2 Å². The molecule has 2 aromatic carbocycles. The predicted molar refractivity (Wildman–Crippen MR) is 114 cm³/mol. The average Bonchev–Trinajstić information content (AvgIpc) is 3.03. The molecule has 28 heavy (non-hydrogen) atoms. The molecular weight excluding hydrogens is 418 g/mol. The minimum absolute atomic E-state index is 0.0783. The highest BCUT2D eigenvalue weighted by Crippen LogP contribution is 2.29. The van der Waals surface area contributed by atoms with Crippen molar-refractivity contribution >= 4 is 54.2 Å². The Hall–Kier alpha value is -2.00. The van der Waals surface area contributed by atoms with E-state index in [2.05, 4.69) is 10.3 Å². The topological polar surface area (TPSA) is 79.4 Å². The molecule has 1 aromatic heterocycles. The maximum Gasteiger partial charge on any atom is 0.257 e. The monoisotopic (exact) mass is 437 g/mol. The van der Waals surface area contributed by atoms with Crippen LogP contribution in [0.4, 0.5) is 5.13 Å². The van der Waals surface area contributed by atoms with E-state index in [1.54, 1.807) is 13.8 Å². The van der Waals surface area contributed by atoms with Gasteiger partial charge in [0.15, 0.2) is 5.13 Å².